The van der Waals surface area contributed by atoms with Crippen LogP contribution in [-0.4, -0.2) is 37.4 Å². The van der Waals surface area contributed by atoms with Crippen LogP contribution in [0, 0.1) is 6.92 Å². The summed E-state index contributed by atoms with van der Waals surface area (Å²) in [5.74, 6) is -0.789. The fourth-order valence-corrected chi connectivity index (χ4v) is 2.08. The fourth-order valence-electron chi connectivity index (χ4n) is 2.08. The van der Waals surface area contributed by atoms with E-state index in [-0.39, 0.29) is 6.42 Å². The number of carbonyl (C=O) groups is 1. The largest absolute Gasteiger partial charge is 0.481 e. The number of carboxylic acids is 1. The molecular formula is C13H17NO3. The molecule has 1 heterocycles. The van der Waals surface area contributed by atoms with Gasteiger partial charge in [0, 0.05) is 18.8 Å². The summed E-state index contributed by atoms with van der Waals surface area (Å²) in [6.07, 6.45) is 0.0764. The SMILES string of the molecule is Cc1ccc(CC(=O)O)c(N2CCOCC2)c1. The van der Waals surface area contributed by atoms with Gasteiger partial charge < -0.3 is 14.7 Å². The number of hydrogen-bond donors (Lipinski definition) is 1. The van der Waals surface area contributed by atoms with E-state index in [0.29, 0.717) is 13.2 Å². The van der Waals surface area contributed by atoms with E-state index in [0.717, 1.165) is 29.9 Å². The van der Waals surface area contributed by atoms with Gasteiger partial charge in [-0.2, -0.15) is 0 Å². The standard InChI is InChI=1S/C13H17NO3/c1-10-2-3-11(9-13(15)16)12(8-10)14-4-6-17-7-5-14/h2-3,8H,4-7,9H2,1H3,(H,15,16). The van der Waals surface area contributed by atoms with Gasteiger partial charge in [0.1, 0.15) is 0 Å². The Morgan fingerprint density at radius 3 is 2.76 bits per heavy atom. The number of hydrogen-bond acceptors (Lipinski definition) is 3. The lowest BCUT2D eigenvalue weighted by molar-refractivity contribution is -0.136. The van der Waals surface area contributed by atoms with Crippen molar-refractivity contribution in [3.63, 3.8) is 0 Å². The van der Waals surface area contributed by atoms with E-state index in [2.05, 4.69) is 11.0 Å². The van der Waals surface area contributed by atoms with Crippen molar-refractivity contribution < 1.29 is 14.6 Å². The maximum atomic E-state index is 10.8. The zero-order valence-corrected chi connectivity index (χ0v) is 9.98. The summed E-state index contributed by atoms with van der Waals surface area (Å²) in [4.78, 5) is 13.0. The zero-order valence-electron chi connectivity index (χ0n) is 9.98. The van der Waals surface area contributed by atoms with E-state index in [9.17, 15) is 4.79 Å². The first-order valence-corrected chi connectivity index (χ1v) is 5.81. The van der Waals surface area contributed by atoms with Crippen molar-refractivity contribution >= 4 is 11.7 Å². The Labute approximate surface area is 101 Å². The van der Waals surface area contributed by atoms with Crippen molar-refractivity contribution in [2.24, 2.45) is 0 Å². The normalized spacial score (nSPS) is 15.9. The first-order valence-electron chi connectivity index (χ1n) is 5.81. The van der Waals surface area contributed by atoms with Gasteiger partial charge in [0.2, 0.25) is 0 Å². The van der Waals surface area contributed by atoms with Gasteiger partial charge in [-0.15, -0.1) is 0 Å². The average molecular weight is 235 g/mol. The van der Waals surface area contributed by atoms with Gasteiger partial charge in [-0.3, -0.25) is 4.79 Å². The van der Waals surface area contributed by atoms with Crippen LogP contribution >= 0.6 is 0 Å². The van der Waals surface area contributed by atoms with Gasteiger partial charge in [0.25, 0.3) is 0 Å². The number of anilines is 1. The van der Waals surface area contributed by atoms with Crippen LogP contribution in [0.4, 0.5) is 5.69 Å². The van der Waals surface area contributed by atoms with E-state index in [1.807, 2.05) is 19.1 Å². The lowest BCUT2D eigenvalue weighted by atomic mass is 10.1. The number of rotatable bonds is 3. The van der Waals surface area contributed by atoms with Crippen LogP contribution < -0.4 is 4.90 Å². The third kappa shape index (κ3) is 2.97. The second-order valence-corrected chi connectivity index (χ2v) is 4.30. The molecule has 0 saturated carbocycles. The van der Waals surface area contributed by atoms with Crippen LogP contribution in [0.15, 0.2) is 18.2 Å². The highest BCUT2D eigenvalue weighted by Gasteiger charge is 2.16. The van der Waals surface area contributed by atoms with Crippen molar-refractivity contribution in [2.75, 3.05) is 31.2 Å². The molecule has 1 saturated heterocycles. The van der Waals surface area contributed by atoms with Crippen LogP contribution in [0.3, 0.4) is 0 Å². The van der Waals surface area contributed by atoms with E-state index >= 15 is 0 Å². The van der Waals surface area contributed by atoms with Gasteiger partial charge in [-0.25, -0.2) is 0 Å². The minimum Gasteiger partial charge on any atom is -0.481 e. The fraction of sp³-hybridized carbons (Fsp3) is 0.462. The van der Waals surface area contributed by atoms with Crippen LogP contribution in [-0.2, 0) is 16.0 Å². The Hall–Kier alpha value is -1.55. The summed E-state index contributed by atoms with van der Waals surface area (Å²) in [7, 11) is 0. The van der Waals surface area contributed by atoms with Crippen molar-refractivity contribution in [2.45, 2.75) is 13.3 Å². The lowest BCUT2D eigenvalue weighted by Crippen LogP contribution is -2.37. The molecule has 1 aromatic carbocycles. The first kappa shape index (κ1) is 11.9. The van der Waals surface area contributed by atoms with Crippen molar-refractivity contribution in [3.05, 3.63) is 29.3 Å². The first-order chi connectivity index (χ1) is 8.16. The molecular weight excluding hydrogens is 218 g/mol. The van der Waals surface area contributed by atoms with Gasteiger partial charge in [-0.1, -0.05) is 12.1 Å². The molecule has 92 valence electrons. The summed E-state index contributed by atoms with van der Waals surface area (Å²) < 4.78 is 5.31. The molecule has 0 aliphatic carbocycles. The summed E-state index contributed by atoms with van der Waals surface area (Å²) in [6.45, 7) is 5.10. The Morgan fingerprint density at radius 1 is 1.41 bits per heavy atom. The van der Waals surface area contributed by atoms with Crippen LogP contribution in [0.25, 0.3) is 0 Å². The van der Waals surface area contributed by atoms with Crippen molar-refractivity contribution in [1.82, 2.24) is 0 Å². The zero-order chi connectivity index (χ0) is 12.3. The third-order valence-electron chi connectivity index (χ3n) is 2.93. The second kappa shape index (κ2) is 5.19. The highest BCUT2D eigenvalue weighted by molar-refractivity contribution is 5.74. The van der Waals surface area contributed by atoms with E-state index in [4.69, 9.17) is 9.84 Å². The molecule has 2 rings (SSSR count). The van der Waals surface area contributed by atoms with Crippen molar-refractivity contribution in [3.8, 4) is 0 Å². The van der Waals surface area contributed by atoms with Gasteiger partial charge in [0.15, 0.2) is 0 Å². The molecule has 1 aliphatic rings. The molecule has 1 aromatic rings. The lowest BCUT2D eigenvalue weighted by Gasteiger charge is -2.30. The topological polar surface area (TPSA) is 49.8 Å². The molecule has 0 unspecified atom stereocenters. The third-order valence-corrected chi connectivity index (χ3v) is 2.93. The molecule has 1 fully saturated rings. The molecule has 0 amide bonds. The average Bonchev–Trinajstić information content (AvgIpc) is 2.32. The highest BCUT2D eigenvalue weighted by atomic mass is 16.5. The Morgan fingerprint density at radius 2 is 2.12 bits per heavy atom. The summed E-state index contributed by atoms with van der Waals surface area (Å²) in [5.41, 5.74) is 3.07. The molecule has 0 bridgehead atoms. The number of aliphatic carboxylic acids is 1. The van der Waals surface area contributed by atoms with Crippen LogP contribution in [0.5, 0.6) is 0 Å². The molecule has 1 N–H and O–H groups in total. The number of nitrogens with zero attached hydrogens (tertiary/aromatic N) is 1. The quantitative estimate of drug-likeness (QED) is 0.861. The maximum absolute atomic E-state index is 10.8. The molecule has 0 spiro atoms. The molecule has 0 atom stereocenters. The van der Waals surface area contributed by atoms with Gasteiger partial charge >= 0.3 is 5.97 Å². The minimum atomic E-state index is -0.789. The number of benzene rings is 1. The van der Waals surface area contributed by atoms with Crippen molar-refractivity contribution in [1.29, 1.82) is 0 Å². The molecule has 17 heavy (non-hydrogen) atoms. The smallest absolute Gasteiger partial charge is 0.307 e. The van der Waals surface area contributed by atoms with Crippen LogP contribution in [0.1, 0.15) is 11.1 Å². The Bertz CT molecular complexity index is 411. The Kier molecular flexibility index (Phi) is 3.64. The minimum absolute atomic E-state index is 0.0764. The number of aryl methyl sites for hydroxylation is 1. The summed E-state index contributed by atoms with van der Waals surface area (Å²) >= 11 is 0. The van der Waals surface area contributed by atoms with Gasteiger partial charge in [0.05, 0.1) is 19.6 Å². The molecule has 0 radical (unpaired) electrons. The molecule has 4 nitrogen and oxygen atoms in total. The Balaban J connectivity index is 2.28. The molecule has 0 aromatic heterocycles. The highest BCUT2D eigenvalue weighted by Crippen LogP contribution is 2.23. The molecule has 1 aliphatic heterocycles. The van der Waals surface area contributed by atoms with Crippen LogP contribution in [0.2, 0.25) is 0 Å². The van der Waals surface area contributed by atoms with E-state index in [1.165, 1.54) is 0 Å². The predicted octanol–water partition coefficient (Wildman–Crippen LogP) is 1.46. The number of carboxylic acid groups (broad SMARTS) is 1. The van der Waals surface area contributed by atoms with Gasteiger partial charge in [-0.05, 0) is 24.1 Å². The molecule has 4 heteroatoms. The predicted molar refractivity (Wildman–Crippen MR) is 65.6 cm³/mol. The maximum Gasteiger partial charge on any atom is 0.307 e. The number of ether oxygens (including phenoxy) is 1. The summed E-state index contributed by atoms with van der Waals surface area (Å²) in [5, 5.41) is 8.92. The summed E-state index contributed by atoms with van der Waals surface area (Å²) in [6, 6.07) is 5.93. The monoisotopic (exact) mass is 235 g/mol. The van der Waals surface area contributed by atoms with E-state index in [1.54, 1.807) is 0 Å². The second-order valence-electron chi connectivity index (χ2n) is 4.30. The van der Waals surface area contributed by atoms with E-state index < -0.39 is 5.97 Å². The number of morpholine rings is 1.